The Bertz CT molecular complexity index is 1010. The molecule has 3 aromatic rings. The van der Waals surface area contributed by atoms with Gasteiger partial charge in [0.2, 0.25) is 0 Å². The first kappa shape index (κ1) is 19.0. The van der Waals surface area contributed by atoms with Crippen molar-refractivity contribution in [3.63, 3.8) is 0 Å². The topological polar surface area (TPSA) is 26.3 Å². The molecule has 0 heterocycles. The van der Waals surface area contributed by atoms with E-state index in [9.17, 15) is 4.79 Å². The number of hydrogen-bond acceptors (Lipinski definition) is 2. The minimum atomic E-state index is -0.485. The van der Waals surface area contributed by atoms with Gasteiger partial charge in [0, 0.05) is 0 Å². The molecule has 0 N–H and O–H groups in total. The highest BCUT2D eigenvalue weighted by atomic mass is 16.6. The Morgan fingerprint density at radius 2 is 1.50 bits per heavy atom. The van der Waals surface area contributed by atoms with E-state index in [4.69, 9.17) is 4.74 Å². The van der Waals surface area contributed by atoms with Crippen LogP contribution in [0.4, 0.5) is 0 Å². The van der Waals surface area contributed by atoms with Crippen LogP contribution in [0.2, 0.25) is 0 Å². The van der Waals surface area contributed by atoms with Crippen molar-refractivity contribution in [2.45, 2.75) is 64.9 Å². The molecular weight excluding hydrogens is 344 g/mol. The first-order valence-corrected chi connectivity index (χ1v) is 10.6. The molecule has 0 aliphatic heterocycles. The molecule has 0 spiro atoms. The number of hydrogen-bond donors (Lipinski definition) is 0. The maximum Gasteiger partial charge on any atom is 0.312 e. The Labute approximate surface area is 167 Å². The van der Waals surface area contributed by atoms with Gasteiger partial charge in [-0.15, -0.1) is 0 Å². The summed E-state index contributed by atoms with van der Waals surface area (Å²) in [7, 11) is 0. The summed E-state index contributed by atoms with van der Waals surface area (Å²) >= 11 is 0. The second-order valence-corrected chi connectivity index (χ2v) is 8.94. The molecule has 0 saturated heterocycles. The lowest BCUT2D eigenvalue weighted by Gasteiger charge is -2.39. The van der Waals surface area contributed by atoms with Crippen LogP contribution in [0, 0.1) is 5.41 Å². The maximum atomic E-state index is 13.0. The van der Waals surface area contributed by atoms with Crippen LogP contribution >= 0.6 is 0 Å². The third-order valence-electron chi connectivity index (χ3n) is 6.62. The van der Waals surface area contributed by atoms with Gasteiger partial charge < -0.3 is 4.74 Å². The van der Waals surface area contributed by atoms with E-state index in [0.29, 0.717) is 0 Å². The van der Waals surface area contributed by atoms with E-state index >= 15 is 0 Å². The van der Waals surface area contributed by atoms with Gasteiger partial charge in [-0.3, -0.25) is 4.79 Å². The van der Waals surface area contributed by atoms with Crippen molar-refractivity contribution in [2.75, 3.05) is 0 Å². The lowest BCUT2D eigenvalue weighted by Crippen LogP contribution is -2.39. The van der Waals surface area contributed by atoms with E-state index in [1.54, 1.807) is 0 Å². The third-order valence-corrected chi connectivity index (χ3v) is 6.62. The Balaban J connectivity index is 1.78. The molecule has 2 nitrogen and oxygen atoms in total. The standard InChI is InChI=1S/C26H30O2/c1-4-25(2,3)24(27)28-26(14-8-5-9-15-26)23-13-12-21-16-19-10-6-7-11-20(19)17-22(21)18-23/h6-7,10-13,16-18H,4-5,8-9,14-15H2,1-3H3. The lowest BCUT2D eigenvalue weighted by molar-refractivity contribution is -0.176. The number of ether oxygens (including phenoxy) is 1. The Morgan fingerprint density at radius 1 is 0.893 bits per heavy atom. The number of esters is 1. The van der Waals surface area contributed by atoms with Gasteiger partial charge >= 0.3 is 5.97 Å². The van der Waals surface area contributed by atoms with Gasteiger partial charge in [0.15, 0.2) is 0 Å². The summed E-state index contributed by atoms with van der Waals surface area (Å²) in [5.74, 6) is -0.0736. The molecule has 28 heavy (non-hydrogen) atoms. The number of carbonyl (C=O) groups excluding carboxylic acids is 1. The molecule has 1 aliphatic rings. The first-order chi connectivity index (χ1) is 13.4. The van der Waals surface area contributed by atoms with Crippen LogP contribution in [0.25, 0.3) is 21.5 Å². The monoisotopic (exact) mass is 374 g/mol. The smallest absolute Gasteiger partial charge is 0.312 e. The van der Waals surface area contributed by atoms with E-state index in [2.05, 4.69) is 61.5 Å². The van der Waals surface area contributed by atoms with Crippen molar-refractivity contribution in [3.05, 3.63) is 60.2 Å². The average Bonchev–Trinajstić information content (AvgIpc) is 2.72. The summed E-state index contributed by atoms with van der Waals surface area (Å²) in [5, 5.41) is 4.95. The number of carbonyl (C=O) groups is 1. The SMILES string of the molecule is CCC(C)(C)C(=O)OC1(c2ccc3cc4ccccc4cc3c2)CCCCC1. The second kappa shape index (κ2) is 7.24. The summed E-state index contributed by atoms with van der Waals surface area (Å²) in [4.78, 5) is 13.0. The molecule has 4 rings (SSSR count). The first-order valence-electron chi connectivity index (χ1n) is 10.6. The lowest BCUT2D eigenvalue weighted by atomic mass is 9.78. The summed E-state index contributed by atoms with van der Waals surface area (Å²) in [5.41, 5.74) is 0.217. The van der Waals surface area contributed by atoms with Gasteiger partial charge in [-0.25, -0.2) is 0 Å². The highest BCUT2D eigenvalue weighted by Gasteiger charge is 2.41. The Morgan fingerprint density at radius 3 is 2.14 bits per heavy atom. The third kappa shape index (κ3) is 3.41. The zero-order valence-corrected chi connectivity index (χ0v) is 17.3. The number of benzene rings is 3. The Hall–Kier alpha value is -2.35. The minimum Gasteiger partial charge on any atom is -0.454 e. The van der Waals surface area contributed by atoms with Gasteiger partial charge in [0.1, 0.15) is 5.60 Å². The Kier molecular flexibility index (Phi) is 4.91. The van der Waals surface area contributed by atoms with Gasteiger partial charge in [-0.2, -0.15) is 0 Å². The molecule has 3 aromatic carbocycles. The molecular formula is C26H30O2. The van der Waals surface area contributed by atoms with Crippen LogP contribution in [0.1, 0.15) is 64.9 Å². The number of fused-ring (bicyclic) bond motifs is 2. The van der Waals surface area contributed by atoms with Crippen LogP contribution in [0.5, 0.6) is 0 Å². The van der Waals surface area contributed by atoms with E-state index in [0.717, 1.165) is 37.7 Å². The second-order valence-electron chi connectivity index (χ2n) is 8.94. The molecule has 1 aliphatic carbocycles. The molecule has 0 aromatic heterocycles. The summed E-state index contributed by atoms with van der Waals surface area (Å²) in [6.07, 6.45) is 6.04. The zero-order chi connectivity index (χ0) is 19.8. The molecule has 1 fully saturated rings. The molecule has 1 saturated carbocycles. The molecule has 0 bridgehead atoms. The summed E-state index contributed by atoms with van der Waals surface area (Å²) in [6, 6.07) is 19.6. The van der Waals surface area contributed by atoms with Gasteiger partial charge in [-0.1, -0.05) is 49.7 Å². The van der Waals surface area contributed by atoms with Crippen molar-refractivity contribution >= 4 is 27.5 Å². The molecule has 0 atom stereocenters. The summed E-state index contributed by atoms with van der Waals surface area (Å²) in [6.45, 7) is 6.02. The fourth-order valence-electron chi connectivity index (χ4n) is 4.26. The molecule has 146 valence electrons. The average molecular weight is 375 g/mol. The van der Waals surface area contributed by atoms with Crippen molar-refractivity contribution in [2.24, 2.45) is 5.41 Å². The number of rotatable bonds is 4. The fourth-order valence-corrected chi connectivity index (χ4v) is 4.26. The van der Waals surface area contributed by atoms with Crippen molar-refractivity contribution in [1.29, 1.82) is 0 Å². The molecule has 2 heteroatoms. The quantitative estimate of drug-likeness (QED) is 0.358. The molecule has 0 unspecified atom stereocenters. The fraction of sp³-hybridized carbons (Fsp3) is 0.423. The van der Waals surface area contributed by atoms with E-state index in [1.807, 2.05) is 13.8 Å². The minimum absolute atomic E-state index is 0.0736. The van der Waals surface area contributed by atoms with Crippen molar-refractivity contribution in [3.8, 4) is 0 Å². The van der Waals surface area contributed by atoms with Crippen LogP contribution in [-0.4, -0.2) is 5.97 Å². The van der Waals surface area contributed by atoms with E-state index < -0.39 is 11.0 Å². The molecule has 0 radical (unpaired) electrons. The normalized spacial score (nSPS) is 17.0. The highest BCUT2D eigenvalue weighted by Crippen LogP contribution is 2.43. The summed E-state index contributed by atoms with van der Waals surface area (Å²) < 4.78 is 6.32. The van der Waals surface area contributed by atoms with Gasteiger partial charge in [0.05, 0.1) is 5.41 Å². The van der Waals surface area contributed by atoms with Crippen LogP contribution in [0.3, 0.4) is 0 Å². The van der Waals surface area contributed by atoms with Crippen molar-refractivity contribution in [1.82, 2.24) is 0 Å². The van der Waals surface area contributed by atoms with Crippen LogP contribution in [0.15, 0.2) is 54.6 Å². The molecule has 0 amide bonds. The van der Waals surface area contributed by atoms with Gasteiger partial charge in [-0.05, 0) is 91.3 Å². The largest absolute Gasteiger partial charge is 0.454 e. The van der Waals surface area contributed by atoms with E-state index in [1.165, 1.54) is 28.0 Å². The predicted octanol–water partition coefficient (Wildman–Crippen LogP) is 7.13. The van der Waals surface area contributed by atoms with E-state index in [-0.39, 0.29) is 5.97 Å². The maximum absolute atomic E-state index is 13.0. The van der Waals surface area contributed by atoms with Crippen LogP contribution in [-0.2, 0) is 15.1 Å². The highest BCUT2D eigenvalue weighted by molar-refractivity contribution is 5.98. The van der Waals surface area contributed by atoms with Crippen molar-refractivity contribution < 1.29 is 9.53 Å². The van der Waals surface area contributed by atoms with Crippen LogP contribution < -0.4 is 0 Å². The zero-order valence-electron chi connectivity index (χ0n) is 17.3. The predicted molar refractivity (Wildman–Crippen MR) is 116 cm³/mol. The van der Waals surface area contributed by atoms with Gasteiger partial charge in [0.25, 0.3) is 0 Å².